The highest BCUT2D eigenvalue weighted by Gasteiger charge is 2.32. The van der Waals surface area contributed by atoms with Gasteiger partial charge in [0.1, 0.15) is 28.4 Å². The lowest BCUT2D eigenvalue weighted by Crippen LogP contribution is -2.55. The van der Waals surface area contributed by atoms with Gasteiger partial charge in [-0.25, -0.2) is 4.79 Å². The molecule has 9 nitrogen and oxygen atoms in total. The molecule has 1 fully saturated rings. The van der Waals surface area contributed by atoms with E-state index in [0.717, 1.165) is 22.8 Å². The molecule has 1 atom stereocenters. The van der Waals surface area contributed by atoms with Crippen molar-refractivity contribution in [2.45, 2.75) is 32.9 Å². The number of hydrogen-bond donors (Lipinski definition) is 4. The van der Waals surface area contributed by atoms with Crippen molar-refractivity contribution in [3.05, 3.63) is 87.1 Å². The Bertz CT molecular complexity index is 1590. The molecule has 39 heavy (non-hydrogen) atoms. The van der Waals surface area contributed by atoms with Gasteiger partial charge in [-0.05, 0) is 50.1 Å². The number of amides is 1. The second-order valence-corrected chi connectivity index (χ2v) is 10.2. The van der Waals surface area contributed by atoms with Gasteiger partial charge in [-0.2, -0.15) is 0 Å². The monoisotopic (exact) mass is 530 g/mol. The fourth-order valence-corrected chi connectivity index (χ4v) is 5.45. The molecular formula is C30H30N2O7. The first-order valence-electron chi connectivity index (χ1n) is 12.7. The minimum Gasteiger partial charge on any atom is -0.508 e. The van der Waals surface area contributed by atoms with Crippen LogP contribution in [0.4, 0.5) is 4.79 Å². The summed E-state index contributed by atoms with van der Waals surface area (Å²) in [4.78, 5) is 28.5. The molecule has 5 rings (SSSR count). The van der Waals surface area contributed by atoms with E-state index in [4.69, 9.17) is 4.42 Å². The average Bonchev–Trinajstić information content (AvgIpc) is 2.85. The van der Waals surface area contributed by atoms with Crippen LogP contribution in [0.25, 0.3) is 22.3 Å². The van der Waals surface area contributed by atoms with Crippen LogP contribution in [-0.2, 0) is 13.0 Å². The number of rotatable bonds is 5. The van der Waals surface area contributed by atoms with Gasteiger partial charge in [-0.15, -0.1) is 0 Å². The molecule has 0 radical (unpaired) electrons. The summed E-state index contributed by atoms with van der Waals surface area (Å²) in [7, 11) is 0. The van der Waals surface area contributed by atoms with Crippen molar-refractivity contribution < 1.29 is 29.6 Å². The zero-order valence-electron chi connectivity index (χ0n) is 21.7. The summed E-state index contributed by atoms with van der Waals surface area (Å²) in [5.41, 5.74) is 3.74. The number of piperazine rings is 1. The number of phenolic OH excluding ortho intramolecular Hbond substituents is 3. The normalized spacial score (nSPS) is 16.1. The van der Waals surface area contributed by atoms with Crippen molar-refractivity contribution in [1.82, 2.24) is 9.80 Å². The Morgan fingerprint density at radius 3 is 2.31 bits per heavy atom. The molecule has 0 saturated carbocycles. The Balaban J connectivity index is 1.50. The van der Waals surface area contributed by atoms with Crippen LogP contribution in [0.1, 0.15) is 22.3 Å². The Kier molecular flexibility index (Phi) is 6.93. The molecule has 2 heterocycles. The van der Waals surface area contributed by atoms with E-state index in [-0.39, 0.29) is 53.1 Å². The van der Waals surface area contributed by atoms with Crippen LogP contribution in [-0.4, -0.2) is 62.0 Å². The number of fused-ring (bicyclic) bond motifs is 1. The molecule has 3 aromatic carbocycles. The number of nitrogens with zero attached hydrogens (tertiary/aromatic N) is 2. The molecule has 0 bridgehead atoms. The first kappa shape index (κ1) is 26.1. The lowest BCUT2D eigenvalue weighted by Gasteiger charge is -2.40. The summed E-state index contributed by atoms with van der Waals surface area (Å²) in [5, 5.41) is 40.7. The predicted molar refractivity (Wildman–Crippen MR) is 146 cm³/mol. The van der Waals surface area contributed by atoms with E-state index >= 15 is 0 Å². The second kappa shape index (κ2) is 10.3. The van der Waals surface area contributed by atoms with E-state index in [1.807, 2.05) is 18.7 Å². The minimum atomic E-state index is -0.980. The van der Waals surface area contributed by atoms with Gasteiger partial charge >= 0.3 is 6.09 Å². The van der Waals surface area contributed by atoms with Crippen molar-refractivity contribution in [1.29, 1.82) is 0 Å². The summed E-state index contributed by atoms with van der Waals surface area (Å²) in [6.07, 6.45) is -0.445. The highest BCUT2D eigenvalue weighted by Crippen LogP contribution is 2.36. The van der Waals surface area contributed by atoms with Gasteiger partial charge in [0.15, 0.2) is 11.0 Å². The van der Waals surface area contributed by atoms with E-state index in [1.165, 1.54) is 23.1 Å². The van der Waals surface area contributed by atoms with Crippen LogP contribution in [0.15, 0.2) is 63.8 Å². The molecule has 4 N–H and O–H groups in total. The molecule has 1 aromatic heterocycles. The predicted octanol–water partition coefficient (Wildman–Crippen LogP) is 4.60. The number of carboxylic acid groups (broad SMARTS) is 1. The van der Waals surface area contributed by atoms with Crippen LogP contribution in [0.2, 0.25) is 0 Å². The SMILES string of the molecule is Cc1cc(C)cc(CC2CN(Cc3c(O)cc(O)c4c(=O)cc(-c5ccc(O)cc5)oc34)CCN2C(=O)O)c1. The van der Waals surface area contributed by atoms with Crippen molar-refractivity contribution in [3.8, 4) is 28.6 Å². The molecule has 4 aromatic rings. The Labute approximate surface area is 224 Å². The standard InChI is InChI=1S/C30H30N2O7/c1-17-9-18(2)11-19(10-17)12-21-15-31(7-8-32(21)30(37)38)16-23-24(34)13-25(35)28-26(36)14-27(39-29(23)28)20-3-5-22(33)6-4-20/h3-6,9-11,13-14,21,33-35H,7-8,12,15-16H2,1-2H3,(H,37,38). The van der Waals surface area contributed by atoms with Gasteiger partial charge in [0.05, 0.1) is 11.6 Å². The van der Waals surface area contributed by atoms with Crippen molar-refractivity contribution in [2.24, 2.45) is 0 Å². The maximum atomic E-state index is 13.0. The van der Waals surface area contributed by atoms with Crippen LogP contribution in [0.3, 0.4) is 0 Å². The number of benzene rings is 3. The lowest BCUT2D eigenvalue weighted by atomic mass is 9.98. The van der Waals surface area contributed by atoms with Crippen molar-refractivity contribution in [3.63, 3.8) is 0 Å². The topological polar surface area (TPSA) is 135 Å². The molecule has 1 aliphatic heterocycles. The maximum Gasteiger partial charge on any atom is 0.407 e. The van der Waals surface area contributed by atoms with Gasteiger partial charge in [0.2, 0.25) is 0 Å². The molecule has 9 heteroatoms. The summed E-state index contributed by atoms with van der Waals surface area (Å²) >= 11 is 0. The van der Waals surface area contributed by atoms with Gasteiger partial charge in [-0.1, -0.05) is 29.3 Å². The zero-order chi connectivity index (χ0) is 27.8. The summed E-state index contributed by atoms with van der Waals surface area (Å²) in [6, 6.07) is 14.4. The van der Waals surface area contributed by atoms with Crippen LogP contribution in [0.5, 0.6) is 17.2 Å². The Hall–Kier alpha value is -4.50. The molecule has 0 aliphatic carbocycles. The van der Waals surface area contributed by atoms with Gasteiger partial charge in [0, 0.05) is 43.9 Å². The third-order valence-electron chi connectivity index (χ3n) is 7.16. The average molecular weight is 531 g/mol. The van der Waals surface area contributed by atoms with Crippen molar-refractivity contribution >= 4 is 17.1 Å². The molecule has 1 aliphatic rings. The Morgan fingerprint density at radius 2 is 1.64 bits per heavy atom. The molecule has 1 amide bonds. The molecular weight excluding hydrogens is 500 g/mol. The fourth-order valence-electron chi connectivity index (χ4n) is 5.45. The highest BCUT2D eigenvalue weighted by atomic mass is 16.4. The van der Waals surface area contributed by atoms with Crippen LogP contribution in [0, 0.1) is 13.8 Å². The highest BCUT2D eigenvalue weighted by molar-refractivity contribution is 5.89. The largest absolute Gasteiger partial charge is 0.508 e. The third-order valence-corrected chi connectivity index (χ3v) is 7.16. The number of phenols is 3. The van der Waals surface area contributed by atoms with E-state index < -0.39 is 11.5 Å². The summed E-state index contributed by atoms with van der Waals surface area (Å²) in [6.45, 7) is 5.31. The summed E-state index contributed by atoms with van der Waals surface area (Å²) in [5.74, 6) is -0.325. The number of carbonyl (C=O) groups is 1. The molecule has 0 spiro atoms. The molecule has 1 saturated heterocycles. The van der Waals surface area contributed by atoms with Gasteiger partial charge in [-0.3, -0.25) is 9.69 Å². The lowest BCUT2D eigenvalue weighted by molar-refractivity contribution is 0.0642. The van der Waals surface area contributed by atoms with Gasteiger partial charge in [0.25, 0.3) is 0 Å². The molecule has 1 unspecified atom stereocenters. The number of aromatic hydroxyl groups is 3. The number of hydrogen-bond acceptors (Lipinski definition) is 7. The van der Waals surface area contributed by atoms with E-state index in [1.54, 1.807) is 12.1 Å². The first-order valence-corrected chi connectivity index (χ1v) is 12.7. The van der Waals surface area contributed by atoms with E-state index in [0.29, 0.717) is 30.6 Å². The van der Waals surface area contributed by atoms with Crippen LogP contribution < -0.4 is 5.43 Å². The van der Waals surface area contributed by atoms with E-state index in [9.17, 15) is 30.0 Å². The maximum absolute atomic E-state index is 13.0. The quantitative estimate of drug-likeness (QED) is 0.294. The zero-order valence-corrected chi connectivity index (χ0v) is 21.7. The first-order chi connectivity index (χ1) is 18.6. The summed E-state index contributed by atoms with van der Waals surface area (Å²) < 4.78 is 6.08. The molecule has 202 valence electrons. The van der Waals surface area contributed by atoms with Crippen molar-refractivity contribution in [2.75, 3.05) is 19.6 Å². The fraction of sp³-hybridized carbons (Fsp3) is 0.267. The second-order valence-electron chi connectivity index (χ2n) is 10.2. The smallest absolute Gasteiger partial charge is 0.407 e. The third kappa shape index (κ3) is 5.39. The van der Waals surface area contributed by atoms with Crippen LogP contribution >= 0.6 is 0 Å². The van der Waals surface area contributed by atoms with E-state index in [2.05, 4.69) is 18.2 Å². The number of aryl methyl sites for hydroxylation is 2. The van der Waals surface area contributed by atoms with Gasteiger partial charge < -0.3 is 29.7 Å². The Morgan fingerprint density at radius 1 is 0.949 bits per heavy atom. The minimum absolute atomic E-state index is 0.0405.